The minimum Gasteiger partial charge on any atom is -0.294 e. The summed E-state index contributed by atoms with van der Waals surface area (Å²) in [6.07, 6.45) is 0. The highest BCUT2D eigenvalue weighted by Gasteiger charge is 2.16. The molecule has 0 fully saturated rings. The summed E-state index contributed by atoms with van der Waals surface area (Å²) in [7, 11) is 2.00. The number of halogens is 1. The van der Waals surface area contributed by atoms with Gasteiger partial charge in [-0.15, -0.1) is 0 Å². The second kappa shape index (κ2) is 6.39. The molecule has 0 saturated heterocycles. The van der Waals surface area contributed by atoms with Crippen molar-refractivity contribution in [3.05, 3.63) is 62.0 Å². The Balaban J connectivity index is 1.86. The summed E-state index contributed by atoms with van der Waals surface area (Å²) in [4.78, 5) is 19.4. The van der Waals surface area contributed by atoms with Gasteiger partial charge in [0.25, 0.3) is 5.56 Å². The van der Waals surface area contributed by atoms with Crippen molar-refractivity contribution in [3.63, 3.8) is 0 Å². The maximum atomic E-state index is 12.1. The molecule has 2 heterocycles. The van der Waals surface area contributed by atoms with E-state index in [-0.39, 0.29) is 11.6 Å². The summed E-state index contributed by atoms with van der Waals surface area (Å²) in [5.74, 6) is 0. The Bertz CT molecular complexity index is 904. The molecule has 0 aliphatic heterocycles. The Morgan fingerprint density at radius 2 is 2.13 bits per heavy atom. The van der Waals surface area contributed by atoms with Crippen LogP contribution < -0.4 is 5.56 Å². The fourth-order valence-electron chi connectivity index (χ4n) is 2.48. The van der Waals surface area contributed by atoms with Crippen LogP contribution >= 0.6 is 22.9 Å². The van der Waals surface area contributed by atoms with Gasteiger partial charge in [-0.2, -0.15) is 9.61 Å². The van der Waals surface area contributed by atoms with Crippen LogP contribution in [0.1, 0.15) is 29.2 Å². The molecule has 0 radical (unpaired) electrons. The Kier molecular flexibility index (Phi) is 4.48. The van der Waals surface area contributed by atoms with E-state index in [1.807, 2.05) is 38.2 Å². The van der Waals surface area contributed by atoms with Gasteiger partial charge < -0.3 is 0 Å². The zero-order valence-corrected chi connectivity index (χ0v) is 14.7. The first-order chi connectivity index (χ1) is 11.0. The fourth-order valence-corrected chi connectivity index (χ4v) is 3.54. The molecule has 0 saturated carbocycles. The second-order valence-electron chi connectivity index (χ2n) is 5.51. The van der Waals surface area contributed by atoms with E-state index in [1.54, 1.807) is 6.07 Å². The van der Waals surface area contributed by atoms with Crippen LogP contribution in [0.25, 0.3) is 4.96 Å². The Hall–Kier alpha value is -1.76. The average molecular weight is 349 g/mol. The molecule has 7 heteroatoms. The minimum atomic E-state index is -0.145. The largest absolute Gasteiger partial charge is 0.294 e. The monoisotopic (exact) mass is 348 g/mol. The summed E-state index contributed by atoms with van der Waals surface area (Å²) in [6, 6.07) is 9.46. The first-order valence-corrected chi connectivity index (χ1v) is 8.46. The van der Waals surface area contributed by atoms with Crippen LogP contribution in [0.15, 0.2) is 35.1 Å². The lowest BCUT2D eigenvalue weighted by Crippen LogP contribution is -2.24. The van der Waals surface area contributed by atoms with Gasteiger partial charge >= 0.3 is 0 Å². The molecular formula is C16H17ClN4OS. The summed E-state index contributed by atoms with van der Waals surface area (Å²) in [6.45, 7) is 4.52. The van der Waals surface area contributed by atoms with Gasteiger partial charge in [0.15, 0.2) is 0 Å². The van der Waals surface area contributed by atoms with Crippen LogP contribution in [0.4, 0.5) is 0 Å². The normalized spacial score (nSPS) is 12.9. The van der Waals surface area contributed by atoms with E-state index in [1.165, 1.54) is 15.9 Å². The van der Waals surface area contributed by atoms with Gasteiger partial charge in [-0.05, 0) is 32.5 Å². The highest BCUT2D eigenvalue weighted by atomic mass is 35.5. The van der Waals surface area contributed by atoms with E-state index in [2.05, 4.69) is 21.9 Å². The molecule has 0 aliphatic rings. The minimum absolute atomic E-state index is 0.118. The van der Waals surface area contributed by atoms with E-state index in [0.717, 1.165) is 21.3 Å². The Morgan fingerprint density at radius 3 is 2.87 bits per heavy atom. The number of hydrogen-bond acceptors (Lipinski definition) is 5. The van der Waals surface area contributed by atoms with Crippen LogP contribution in [0, 0.1) is 6.92 Å². The van der Waals surface area contributed by atoms with Crippen molar-refractivity contribution in [2.24, 2.45) is 0 Å². The molecule has 23 heavy (non-hydrogen) atoms. The van der Waals surface area contributed by atoms with E-state index in [4.69, 9.17) is 11.6 Å². The smallest absolute Gasteiger partial charge is 0.275 e. The first-order valence-electron chi connectivity index (χ1n) is 7.27. The van der Waals surface area contributed by atoms with Crippen molar-refractivity contribution in [2.75, 3.05) is 7.05 Å². The lowest BCUT2D eigenvalue weighted by molar-refractivity contribution is 0.250. The molecular weight excluding hydrogens is 332 g/mol. The molecule has 0 amide bonds. The number of rotatable bonds is 4. The predicted molar refractivity (Wildman–Crippen MR) is 93.2 cm³/mol. The summed E-state index contributed by atoms with van der Waals surface area (Å²) >= 11 is 7.69. The van der Waals surface area contributed by atoms with Crippen molar-refractivity contribution in [3.8, 4) is 0 Å². The number of aryl methyl sites for hydroxylation is 1. The zero-order chi connectivity index (χ0) is 16.6. The maximum absolute atomic E-state index is 12.1. The van der Waals surface area contributed by atoms with Crippen molar-refractivity contribution >= 4 is 27.9 Å². The lowest BCUT2D eigenvalue weighted by Gasteiger charge is -2.25. The Morgan fingerprint density at radius 1 is 1.39 bits per heavy atom. The molecule has 0 bridgehead atoms. The summed E-state index contributed by atoms with van der Waals surface area (Å²) in [5, 5.41) is 5.72. The summed E-state index contributed by atoms with van der Waals surface area (Å²) < 4.78 is 1.35. The van der Waals surface area contributed by atoms with Crippen LogP contribution in [-0.4, -0.2) is 26.5 Å². The SMILES string of the molecule is Cc1nn2c(=O)cc(CN(C)[C@@H](C)c3ccccc3Cl)nc2s1. The molecule has 0 unspecified atom stereocenters. The van der Waals surface area contributed by atoms with Crippen molar-refractivity contribution in [1.82, 2.24) is 19.5 Å². The third kappa shape index (κ3) is 3.29. The van der Waals surface area contributed by atoms with E-state index in [9.17, 15) is 4.79 Å². The van der Waals surface area contributed by atoms with Gasteiger partial charge in [-0.1, -0.05) is 41.1 Å². The van der Waals surface area contributed by atoms with Gasteiger partial charge in [0, 0.05) is 23.7 Å². The first kappa shape index (κ1) is 16.1. The molecule has 1 atom stereocenters. The third-order valence-corrected chi connectivity index (χ3v) is 5.00. The molecule has 3 aromatic rings. The average Bonchev–Trinajstić information content (AvgIpc) is 2.88. The fraction of sp³-hybridized carbons (Fsp3) is 0.312. The highest BCUT2D eigenvalue weighted by Crippen LogP contribution is 2.26. The zero-order valence-electron chi connectivity index (χ0n) is 13.2. The number of aromatic nitrogens is 3. The standard InChI is InChI=1S/C16H17ClN4OS/c1-10(13-6-4-5-7-14(13)17)20(3)9-12-8-15(22)21-16(18-12)23-11(2)19-21/h4-8,10H,9H2,1-3H3/t10-/m0/s1. The lowest BCUT2D eigenvalue weighted by atomic mass is 10.1. The Labute approximate surface area is 143 Å². The van der Waals surface area contributed by atoms with E-state index >= 15 is 0 Å². The molecule has 0 N–H and O–H groups in total. The van der Waals surface area contributed by atoms with Gasteiger partial charge in [0.1, 0.15) is 5.01 Å². The van der Waals surface area contributed by atoms with Crippen LogP contribution in [0.3, 0.4) is 0 Å². The van der Waals surface area contributed by atoms with Gasteiger partial charge in [0.05, 0.1) is 5.69 Å². The number of benzene rings is 1. The van der Waals surface area contributed by atoms with Crippen LogP contribution in [0.5, 0.6) is 0 Å². The topological polar surface area (TPSA) is 50.5 Å². The number of nitrogens with zero attached hydrogens (tertiary/aromatic N) is 4. The van der Waals surface area contributed by atoms with E-state index < -0.39 is 0 Å². The molecule has 1 aromatic carbocycles. The van der Waals surface area contributed by atoms with Crippen molar-refractivity contribution < 1.29 is 0 Å². The highest BCUT2D eigenvalue weighted by molar-refractivity contribution is 7.16. The second-order valence-corrected chi connectivity index (χ2v) is 7.08. The van der Waals surface area contributed by atoms with E-state index in [0.29, 0.717) is 11.5 Å². The molecule has 0 spiro atoms. The molecule has 2 aromatic heterocycles. The van der Waals surface area contributed by atoms with Gasteiger partial charge in [-0.3, -0.25) is 9.69 Å². The predicted octanol–water partition coefficient (Wildman–Crippen LogP) is 3.31. The molecule has 0 aliphatic carbocycles. The maximum Gasteiger partial charge on any atom is 0.275 e. The number of fused-ring (bicyclic) bond motifs is 1. The molecule has 5 nitrogen and oxygen atoms in total. The number of hydrogen-bond donors (Lipinski definition) is 0. The quantitative estimate of drug-likeness (QED) is 0.725. The van der Waals surface area contributed by atoms with Gasteiger partial charge in [0.2, 0.25) is 4.96 Å². The van der Waals surface area contributed by atoms with Crippen LogP contribution in [0.2, 0.25) is 5.02 Å². The van der Waals surface area contributed by atoms with Crippen LogP contribution in [-0.2, 0) is 6.54 Å². The van der Waals surface area contributed by atoms with Crippen molar-refractivity contribution in [1.29, 1.82) is 0 Å². The summed E-state index contributed by atoms with van der Waals surface area (Å²) in [5.41, 5.74) is 1.65. The van der Waals surface area contributed by atoms with Gasteiger partial charge in [-0.25, -0.2) is 4.98 Å². The third-order valence-electron chi connectivity index (χ3n) is 3.83. The molecule has 3 rings (SSSR count). The van der Waals surface area contributed by atoms with Crippen molar-refractivity contribution in [2.45, 2.75) is 26.4 Å². The molecule has 120 valence electrons.